The summed E-state index contributed by atoms with van der Waals surface area (Å²) in [7, 11) is -3.46. The van der Waals surface area contributed by atoms with Gasteiger partial charge in [-0.1, -0.05) is 67.1 Å². The van der Waals surface area contributed by atoms with Gasteiger partial charge in [-0.3, -0.25) is 4.79 Å². The van der Waals surface area contributed by atoms with Gasteiger partial charge in [-0.05, 0) is 36.5 Å². The zero-order valence-electron chi connectivity index (χ0n) is 16.6. The Morgan fingerprint density at radius 1 is 1.10 bits per heavy atom. The van der Waals surface area contributed by atoms with Crippen LogP contribution in [0.25, 0.3) is 0 Å². The average Bonchev–Trinajstić information content (AvgIpc) is 2.74. The molecule has 0 unspecified atom stereocenters. The van der Waals surface area contributed by atoms with E-state index in [4.69, 9.17) is 11.6 Å². The lowest BCUT2D eigenvalue weighted by atomic mass is 9.96. The summed E-state index contributed by atoms with van der Waals surface area (Å²) in [4.78, 5) is 12.7. The van der Waals surface area contributed by atoms with Gasteiger partial charge in [0.1, 0.15) is 0 Å². The Morgan fingerprint density at radius 3 is 2.34 bits per heavy atom. The molecule has 29 heavy (non-hydrogen) atoms. The highest BCUT2D eigenvalue weighted by atomic mass is 35.5. The van der Waals surface area contributed by atoms with E-state index in [1.807, 2.05) is 37.3 Å². The van der Waals surface area contributed by atoms with Crippen molar-refractivity contribution in [1.82, 2.24) is 9.62 Å². The molecule has 1 amide bonds. The highest BCUT2D eigenvalue weighted by Gasteiger charge is 2.32. The van der Waals surface area contributed by atoms with Gasteiger partial charge in [0.2, 0.25) is 15.9 Å². The van der Waals surface area contributed by atoms with Crippen LogP contribution in [0.15, 0.2) is 54.6 Å². The predicted molar refractivity (Wildman–Crippen MR) is 116 cm³/mol. The third-order valence-electron chi connectivity index (χ3n) is 5.44. The van der Waals surface area contributed by atoms with Gasteiger partial charge in [-0.25, -0.2) is 12.7 Å². The summed E-state index contributed by atoms with van der Waals surface area (Å²) in [5.74, 6) is -0.279. The molecule has 0 spiro atoms. The molecular weight excluding hydrogens is 408 g/mol. The van der Waals surface area contributed by atoms with E-state index in [9.17, 15) is 13.2 Å². The molecule has 0 aromatic heterocycles. The molecule has 1 aliphatic rings. The third kappa shape index (κ3) is 5.59. The smallest absolute Gasteiger partial charge is 0.223 e. The van der Waals surface area contributed by atoms with Gasteiger partial charge in [-0.2, -0.15) is 0 Å². The first kappa shape index (κ1) is 21.8. The highest BCUT2D eigenvalue weighted by molar-refractivity contribution is 7.88. The third-order valence-corrected chi connectivity index (χ3v) is 7.64. The molecule has 1 heterocycles. The number of benzene rings is 2. The number of nitrogens with zero attached hydrogens (tertiary/aromatic N) is 1. The van der Waals surface area contributed by atoms with Crippen LogP contribution in [0.2, 0.25) is 5.02 Å². The Bertz CT molecular complexity index is 926. The molecule has 7 heteroatoms. The summed E-state index contributed by atoms with van der Waals surface area (Å²) >= 11 is 6.11. The van der Waals surface area contributed by atoms with E-state index in [2.05, 4.69) is 5.32 Å². The Balaban J connectivity index is 1.57. The van der Waals surface area contributed by atoms with Crippen LogP contribution in [0, 0.1) is 5.92 Å². The second kappa shape index (κ2) is 9.74. The average molecular weight is 435 g/mol. The van der Waals surface area contributed by atoms with Crippen molar-refractivity contribution in [2.24, 2.45) is 5.92 Å². The van der Waals surface area contributed by atoms with Gasteiger partial charge in [0, 0.05) is 24.0 Å². The molecule has 3 rings (SSSR count). The summed E-state index contributed by atoms with van der Waals surface area (Å²) in [6.45, 7) is 2.75. The molecule has 0 bridgehead atoms. The van der Waals surface area contributed by atoms with E-state index >= 15 is 0 Å². The first-order chi connectivity index (χ1) is 13.9. The number of halogens is 1. The molecule has 0 saturated carbocycles. The van der Waals surface area contributed by atoms with E-state index in [1.165, 1.54) is 4.31 Å². The minimum Gasteiger partial charge on any atom is -0.349 e. The van der Waals surface area contributed by atoms with Crippen LogP contribution < -0.4 is 5.32 Å². The molecule has 0 aliphatic carbocycles. The summed E-state index contributed by atoms with van der Waals surface area (Å²) in [5.41, 5.74) is 1.69. The molecule has 0 radical (unpaired) electrons. The number of carbonyl (C=O) groups excluding carboxylic acids is 1. The van der Waals surface area contributed by atoms with Crippen molar-refractivity contribution >= 4 is 27.5 Å². The number of rotatable bonds is 7. The molecule has 1 N–H and O–H groups in total. The van der Waals surface area contributed by atoms with Crippen molar-refractivity contribution in [2.75, 3.05) is 13.1 Å². The van der Waals surface area contributed by atoms with Crippen molar-refractivity contribution in [1.29, 1.82) is 0 Å². The molecule has 5 nitrogen and oxygen atoms in total. The largest absolute Gasteiger partial charge is 0.349 e. The lowest BCUT2D eigenvalue weighted by Crippen LogP contribution is -2.44. The number of hydrogen-bond acceptors (Lipinski definition) is 3. The van der Waals surface area contributed by atoms with Crippen LogP contribution in [0.3, 0.4) is 0 Å². The van der Waals surface area contributed by atoms with E-state index in [0.29, 0.717) is 36.5 Å². The van der Waals surface area contributed by atoms with Crippen molar-refractivity contribution in [3.8, 4) is 0 Å². The Morgan fingerprint density at radius 2 is 1.72 bits per heavy atom. The summed E-state index contributed by atoms with van der Waals surface area (Å²) in [5, 5.41) is 3.58. The van der Waals surface area contributed by atoms with Crippen LogP contribution in [0.1, 0.15) is 43.4 Å². The highest BCUT2D eigenvalue weighted by Crippen LogP contribution is 2.25. The summed E-state index contributed by atoms with van der Waals surface area (Å²) in [6, 6.07) is 16.9. The summed E-state index contributed by atoms with van der Waals surface area (Å²) in [6.07, 6.45) is 1.86. The molecule has 2 aromatic carbocycles. The molecule has 2 aromatic rings. The Labute approximate surface area is 178 Å². The lowest BCUT2D eigenvalue weighted by molar-refractivity contribution is -0.126. The van der Waals surface area contributed by atoms with Gasteiger partial charge in [-0.15, -0.1) is 0 Å². The fraction of sp³-hybridized carbons (Fsp3) is 0.409. The van der Waals surface area contributed by atoms with Crippen LogP contribution in [-0.2, 0) is 20.6 Å². The summed E-state index contributed by atoms with van der Waals surface area (Å²) < 4.78 is 27.0. The zero-order chi connectivity index (χ0) is 20.9. The first-order valence-electron chi connectivity index (χ1n) is 9.97. The van der Waals surface area contributed by atoms with Crippen molar-refractivity contribution < 1.29 is 13.2 Å². The first-order valence-corrected chi connectivity index (χ1v) is 12.0. The Hall–Kier alpha value is -1.89. The minimum atomic E-state index is -3.46. The van der Waals surface area contributed by atoms with Gasteiger partial charge in [0.05, 0.1) is 11.8 Å². The molecular formula is C22H27ClN2O3S. The number of amides is 1. The fourth-order valence-corrected chi connectivity index (χ4v) is 5.57. The molecule has 1 atom stereocenters. The lowest BCUT2D eigenvalue weighted by Gasteiger charge is -2.31. The van der Waals surface area contributed by atoms with Gasteiger partial charge >= 0.3 is 0 Å². The quantitative estimate of drug-likeness (QED) is 0.711. The number of nitrogens with one attached hydrogen (secondary N) is 1. The van der Waals surface area contributed by atoms with Crippen molar-refractivity contribution in [3.63, 3.8) is 0 Å². The normalized spacial score (nSPS) is 17.0. The number of carbonyl (C=O) groups is 1. The molecule has 1 saturated heterocycles. The van der Waals surface area contributed by atoms with Gasteiger partial charge in [0.25, 0.3) is 0 Å². The van der Waals surface area contributed by atoms with E-state index in [1.54, 1.807) is 24.3 Å². The molecule has 156 valence electrons. The molecule has 1 aliphatic heterocycles. The maximum absolute atomic E-state index is 12.8. The second-order valence-electron chi connectivity index (χ2n) is 7.40. The maximum atomic E-state index is 12.8. The standard InChI is InChI=1S/C22H27ClN2O3S/c1-2-21(17-8-4-3-5-9-17)24-22(26)18-12-14-25(15-13-18)29(27,28)16-19-10-6-7-11-20(19)23/h3-11,18,21H,2,12-16H2,1H3,(H,24,26)/t21-/m1/s1. The minimum absolute atomic E-state index is 0.00357. The Kier molecular flexibility index (Phi) is 7.33. The van der Waals surface area contributed by atoms with Crippen LogP contribution in [0.5, 0.6) is 0 Å². The van der Waals surface area contributed by atoms with E-state index in [-0.39, 0.29) is 23.6 Å². The fourth-order valence-electron chi connectivity index (χ4n) is 3.70. The SMILES string of the molecule is CC[C@@H](NC(=O)C1CCN(S(=O)(=O)Cc2ccccc2Cl)CC1)c1ccccc1. The van der Waals surface area contributed by atoms with Gasteiger partial charge in [0.15, 0.2) is 0 Å². The number of hydrogen-bond donors (Lipinski definition) is 1. The van der Waals surface area contributed by atoms with E-state index < -0.39 is 10.0 Å². The van der Waals surface area contributed by atoms with E-state index in [0.717, 1.165) is 12.0 Å². The van der Waals surface area contributed by atoms with Gasteiger partial charge < -0.3 is 5.32 Å². The molecule has 1 fully saturated rings. The van der Waals surface area contributed by atoms with Crippen molar-refractivity contribution in [2.45, 2.75) is 38.0 Å². The van der Waals surface area contributed by atoms with Crippen LogP contribution in [0.4, 0.5) is 0 Å². The van der Waals surface area contributed by atoms with Crippen LogP contribution in [-0.4, -0.2) is 31.7 Å². The maximum Gasteiger partial charge on any atom is 0.223 e. The van der Waals surface area contributed by atoms with Crippen molar-refractivity contribution in [3.05, 3.63) is 70.7 Å². The number of piperidine rings is 1. The second-order valence-corrected chi connectivity index (χ2v) is 9.78. The number of sulfonamides is 1. The van der Waals surface area contributed by atoms with Crippen LogP contribution >= 0.6 is 11.6 Å². The predicted octanol–water partition coefficient (Wildman–Crippen LogP) is 4.15. The monoisotopic (exact) mass is 434 g/mol. The zero-order valence-corrected chi connectivity index (χ0v) is 18.1. The topological polar surface area (TPSA) is 66.5 Å².